The molecule has 1 aliphatic heterocycles. The van der Waals surface area contributed by atoms with E-state index in [2.05, 4.69) is 16.2 Å². The third-order valence-electron chi connectivity index (χ3n) is 3.73. The predicted molar refractivity (Wildman–Crippen MR) is 81.5 cm³/mol. The van der Waals surface area contributed by atoms with Gasteiger partial charge in [0.1, 0.15) is 11.0 Å². The summed E-state index contributed by atoms with van der Waals surface area (Å²) < 4.78 is 77.1. The minimum Gasteiger partial charge on any atom is -0.348 e. The smallest absolute Gasteiger partial charge is 0.348 e. The van der Waals surface area contributed by atoms with Gasteiger partial charge in [0.2, 0.25) is 0 Å². The summed E-state index contributed by atoms with van der Waals surface area (Å²) in [5, 5.41) is 11.3. The summed E-state index contributed by atoms with van der Waals surface area (Å²) in [5.74, 6) is 0. The minimum absolute atomic E-state index is 0.0743. The van der Waals surface area contributed by atoms with Crippen LogP contribution in [0.1, 0.15) is 24.5 Å². The molecule has 1 aromatic rings. The highest BCUT2D eigenvalue weighted by atomic mass is 32.1. The Kier molecular flexibility index (Phi) is 5.00. The van der Waals surface area contributed by atoms with Crippen LogP contribution in [0.4, 0.5) is 32.0 Å². The van der Waals surface area contributed by atoms with Gasteiger partial charge >= 0.3 is 12.4 Å². The molecular weight excluding hydrogens is 370 g/mol. The predicted octanol–water partition coefficient (Wildman–Crippen LogP) is 3.50. The van der Waals surface area contributed by atoms with Crippen LogP contribution in [-0.2, 0) is 6.18 Å². The van der Waals surface area contributed by atoms with Crippen molar-refractivity contribution in [1.29, 1.82) is 5.26 Å². The second-order valence-electron chi connectivity index (χ2n) is 5.72. The molecule has 2 rings (SSSR count). The monoisotopic (exact) mass is 382 g/mol. The molecule has 3 N–H and O–H groups in total. The first-order chi connectivity index (χ1) is 11.4. The zero-order chi connectivity index (χ0) is 19.0. The first kappa shape index (κ1) is 19.4. The summed E-state index contributed by atoms with van der Waals surface area (Å²) in [6.45, 7) is 1.40. The lowest BCUT2D eigenvalue weighted by atomic mass is 9.95. The summed E-state index contributed by atoms with van der Waals surface area (Å²) in [6.07, 6.45) is -9.66. The van der Waals surface area contributed by atoms with Gasteiger partial charge in [-0.3, -0.25) is 0 Å². The van der Waals surface area contributed by atoms with Crippen LogP contribution in [0.3, 0.4) is 0 Å². The van der Waals surface area contributed by atoms with Gasteiger partial charge in [-0.1, -0.05) is 12.2 Å². The molecule has 1 heterocycles. The molecule has 11 heteroatoms. The highest BCUT2D eigenvalue weighted by Crippen LogP contribution is 2.35. The molecule has 4 nitrogen and oxygen atoms in total. The Hall–Kier alpha value is -1.90. The number of nitriles is 1. The van der Waals surface area contributed by atoms with Crippen molar-refractivity contribution in [3.05, 3.63) is 29.3 Å². The number of nitrogens with one attached hydrogen (secondary N) is 3. The molecule has 1 fully saturated rings. The Morgan fingerprint density at radius 2 is 1.96 bits per heavy atom. The fraction of sp³-hybridized carbons (Fsp3) is 0.429. The number of nitrogens with zero attached hydrogens (tertiary/aromatic N) is 1. The van der Waals surface area contributed by atoms with Crippen molar-refractivity contribution in [1.82, 2.24) is 10.9 Å². The fourth-order valence-electron chi connectivity index (χ4n) is 2.33. The van der Waals surface area contributed by atoms with Crippen LogP contribution in [0.15, 0.2) is 18.2 Å². The Morgan fingerprint density at radius 1 is 1.32 bits per heavy atom. The maximum absolute atomic E-state index is 13.0. The summed E-state index contributed by atoms with van der Waals surface area (Å²) in [6, 6.07) is 2.47. The van der Waals surface area contributed by atoms with Gasteiger partial charge in [0.25, 0.3) is 0 Å². The number of rotatable bonds is 2. The molecule has 0 aliphatic carbocycles. The van der Waals surface area contributed by atoms with Gasteiger partial charge in [0, 0.05) is 5.69 Å². The third kappa shape index (κ3) is 4.20. The average Bonchev–Trinajstić information content (AvgIpc) is 2.90. The highest BCUT2D eigenvalue weighted by Gasteiger charge is 2.50. The summed E-state index contributed by atoms with van der Waals surface area (Å²) in [7, 11) is 0. The molecular formula is C14H12F6N4S. The van der Waals surface area contributed by atoms with E-state index in [9.17, 15) is 26.3 Å². The summed E-state index contributed by atoms with van der Waals surface area (Å²) in [5.41, 5.74) is 1.42. The molecule has 0 bridgehead atoms. The zero-order valence-electron chi connectivity index (χ0n) is 12.6. The summed E-state index contributed by atoms with van der Waals surface area (Å²) in [4.78, 5) is -0.107. The standard InChI is InChI=1S/C14H12F6N4S/c1-12(5-10(23-24-12)14(18,19)20)11(25)22-8-3-2-7(6-21)9(4-8)13(15,16)17/h2-4,10,23-24H,5H2,1H3,(H,22,25)/t10?,12-/m0/s1. The molecule has 0 amide bonds. The van der Waals surface area contributed by atoms with Crippen molar-refractivity contribution >= 4 is 22.9 Å². The second-order valence-corrected chi connectivity index (χ2v) is 6.13. The number of benzene rings is 1. The topological polar surface area (TPSA) is 59.9 Å². The van der Waals surface area contributed by atoms with E-state index in [4.69, 9.17) is 17.5 Å². The van der Waals surface area contributed by atoms with E-state index in [1.54, 1.807) is 0 Å². The largest absolute Gasteiger partial charge is 0.417 e. The average molecular weight is 382 g/mol. The highest BCUT2D eigenvalue weighted by molar-refractivity contribution is 7.80. The van der Waals surface area contributed by atoms with Crippen LogP contribution in [-0.4, -0.2) is 22.7 Å². The molecule has 1 aromatic carbocycles. The quantitative estimate of drug-likeness (QED) is 0.540. The molecule has 25 heavy (non-hydrogen) atoms. The molecule has 0 saturated carbocycles. The van der Waals surface area contributed by atoms with E-state index in [0.717, 1.165) is 6.07 Å². The Balaban J connectivity index is 2.20. The van der Waals surface area contributed by atoms with Crippen molar-refractivity contribution in [2.24, 2.45) is 0 Å². The van der Waals surface area contributed by atoms with Gasteiger partial charge in [0.05, 0.1) is 22.7 Å². The van der Waals surface area contributed by atoms with Crippen LogP contribution in [0.2, 0.25) is 0 Å². The van der Waals surface area contributed by atoms with E-state index < -0.39 is 41.5 Å². The normalized spacial score (nSPS) is 24.0. The van der Waals surface area contributed by atoms with Crippen LogP contribution in [0.25, 0.3) is 0 Å². The van der Waals surface area contributed by atoms with Gasteiger partial charge < -0.3 is 5.32 Å². The molecule has 1 unspecified atom stereocenters. The van der Waals surface area contributed by atoms with Crippen molar-refractivity contribution < 1.29 is 26.3 Å². The van der Waals surface area contributed by atoms with Crippen LogP contribution in [0, 0.1) is 11.3 Å². The van der Waals surface area contributed by atoms with Crippen molar-refractivity contribution in [2.75, 3.05) is 5.32 Å². The molecule has 2 atom stereocenters. The Labute approximate surface area is 144 Å². The SMILES string of the molecule is C[C@@]1(C(=S)Nc2ccc(C#N)c(C(F)(F)F)c2)CC(C(F)(F)F)NN1. The number of thiocarbonyl (C=S) groups is 1. The Bertz CT molecular complexity index is 724. The second kappa shape index (κ2) is 6.44. The Morgan fingerprint density at radius 3 is 2.44 bits per heavy atom. The molecule has 1 aliphatic rings. The maximum atomic E-state index is 13.0. The van der Waals surface area contributed by atoms with E-state index in [-0.39, 0.29) is 10.7 Å². The van der Waals surface area contributed by atoms with Crippen LogP contribution >= 0.6 is 12.2 Å². The van der Waals surface area contributed by atoms with Crippen LogP contribution < -0.4 is 16.2 Å². The first-order valence-corrected chi connectivity index (χ1v) is 7.30. The number of hydrogen-bond acceptors (Lipinski definition) is 4. The van der Waals surface area contributed by atoms with Gasteiger partial charge in [0.15, 0.2) is 0 Å². The van der Waals surface area contributed by atoms with Gasteiger partial charge in [-0.15, -0.1) is 0 Å². The molecule has 0 aromatic heterocycles. The minimum atomic E-state index is -4.75. The van der Waals surface area contributed by atoms with E-state index >= 15 is 0 Å². The molecule has 1 saturated heterocycles. The number of halogens is 6. The van der Waals surface area contributed by atoms with Crippen molar-refractivity contribution in [2.45, 2.75) is 37.3 Å². The molecule has 0 spiro atoms. The zero-order valence-corrected chi connectivity index (χ0v) is 13.5. The maximum Gasteiger partial charge on any atom is 0.417 e. The summed E-state index contributed by atoms with van der Waals surface area (Å²) >= 11 is 5.06. The lowest BCUT2D eigenvalue weighted by Crippen LogP contribution is -2.50. The van der Waals surface area contributed by atoms with E-state index in [1.165, 1.54) is 19.1 Å². The van der Waals surface area contributed by atoms with Gasteiger partial charge in [-0.25, -0.2) is 10.9 Å². The van der Waals surface area contributed by atoms with E-state index in [1.807, 2.05) is 0 Å². The molecule has 0 radical (unpaired) electrons. The van der Waals surface area contributed by atoms with Crippen molar-refractivity contribution in [3.8, 4) is 6.07 Å². The van der Waals surface area contributed by atoms with Crippen LogP contribution in [0.5, 0.6) is 0 Å². The number of hydrazine groups is 1. The van der Waals surface area contributed by atoms with Gasteiger partial charge in [-0.2, -0.15) is 31.6 Å². The lowest BCUT2D eigenvalue weighted by molar-refractivity contribution is -0.153. The lowest BCUT2D eigenvalue weighted by Gasteiger charge is -2.26. The van der Waals surface area contributed by atoms with Gasteiger partial charge in [-0.05, 0) is 31.5 Å². The van der Waals surface area contributed by atoms with E-state index in [0.29, 0.717) is 6.07 Å². The third-order valence-corrected chi connectivity index (χ3v) is 4.29. The van der Waals surface area contributed by atoms with Crippen molar-refractivity contribution in [3.63, 3.8) is 0 Å². The number of alkyl halides is 6. The molecule has 136 valence electrons. The number of hydrogen-bond donors (Lipinski definition) is 3. The number of anilines is 1. The first-order valence-electron chi connectivity index (χ1n) is 6.89. The fourth-order valence-corrected chi connectivity index (χ4v) is 2.58.